The number of carbonyl (C=O) groups excluding carboxylic acids is 1. The summed E-state index contributed by atoms with van der Waals surface area (Å²) in [6.07, 6.45) is 3.99. The Kier molecular flexibility index (Phi) is 8.05. The van der Waals surface area contributed by atoms with Crippen LogP contribution in [0.4, 0.5) is 14.5 Å². The van der Waals surface area contributed by atoms with Crippen LogP contribution < -0.4 is 14.8 Å². The fraction of sp³-hybridized carbons (Fsp3) is 0.150. The molecule has 29 heavy (non-hydrogen) atoms. The zero-order chi connectivity index (χ0) is 21.3. The molecule has 154 valence electrons. The molecule has 0 fully saturated rings. The zero-order valence-electron chi connectivity index (χ0n) is 15.3. The molecule has 0 bridgehead atoms. The van der Waals surface area contributed by atoms with Gasteiger partial charge in [0.2, 0.25) is 15.9 Å². The molecule has 0 aromatic heterocycles. The SMILES string of the molecule is C=CCNS(=O)(=O)Cc1ccc(NC(=O)/C=C/c2ccccc2OC(F)F)cc1. The van der Waals surface area contributed by atoms with E-state index < -0.39 is 22.5 Å². The Balaban J connectivity index is 1.98. The van der Waals surface area contributed by atoms with Gasteiger partial charge in [-0.3, -0.25) is 4.79 Å². The molecule has 0 unspecified atom stereocenters. The van der Waals surface area contributed by atoms with Gasteiger partial charge >= 0.3 is 6.61 Å². The average Bonchev–Trinajstić information content (AvgIpc) is 2.67. The molecule has 0 spiro atoms. The van der Waals surface area contributed by atoms with Gasteiger partial charge in [-0.15, -0.1) is 6.58 Å². The van der Waals surface area contributed by atoms with E-state index in [1.165, 1.54) is 30.4 Å². The van der Waals surface area contributed by atoms with E-state index >= 15 is 0 Å². The van der Waals surface area contributed by atoms with Crippen molar-refractivity contribution < 1.29 is 26.7 Å². The highest BCUT2D eigenvalue weighted by Gasteiger charge is 2.10. The van der Waals surface area contributed by atoms with Crippen LogP contribution in [0, 0.1) is 0 Å². The first-order chi connectivity index (χ1) is 13.8. The topological polar surface area (TPSA) is 84.5 Å². The van der Waals surface area contributed by atoms with E-state index in [0.29, 0.717) is 16.8 Å². The molecular formula is C20H20F2N2O4S. The largest absolute Gasteiger partial charge is 0.434 e. The van der Waals surface area contributed by atoms with Gasteiger partial charge in [0.15, 0.2) is 0 Å². The Morgan fingerprint density at radius 3 is 2.48 bits per heavy atom. The van der Waals surface area contributed by atoms with E-state index in [1.54, 1.807) is 36.4 Å². The van der Waals surface area contributed by atoms with E-state index in [2.05, 4.69) is 21.4 Å². The second-order valence-corrected chi connectivity index (χ2v) is 7.64. The second-order valence-electron chi connectivity index (χ2n) is 5.83. The summed E-state index contributed by atoms with van der Waals surface area (Å²) in [4.78, 5) is 12.0. The van der Waals surface area contributed by atoms with Gasteiger partial charge in [0, 0.05) is 23.9 Å². The molecule has 9 heteroatoms. The molecule has 1 amide bonds. The van der Waals surface area contributed by atoms with Gasteiger partial charge in [0.1, 0.15) is 5.75 Å². The van der Waals surface area contributed by atoms with Crippen LogP contribution in [0.1, 0.15) is 11.1 Å². The minimum Gasteiger partial charge on any atom is -0.434 e. The molecule has 0 saturated carbocycles. The molecule has 0 heterocycles. The number of nitrogens with one attached hydrogen (secondary N) is 2. The highest BCUT2D eigenvalue weighted by Crippen LogP contribution is 2.21. The van der Waals surface area contributed by atoms with Crippen LogP contribution in [0.25, 0.3) is 6.08 Å². The number of rotatable bonds is 10. The molecule has 2 N–H and O–H groups in total. The number of amides is 1. The van der Waals surface area contributed by atoms with E-state index in [-0.39, 0.29) is 18.0 Å². The van der Waals surface area contributed by atoms with Crippen LogP contribution in [0.5, 0.6) is 5.75 Å². The highest BCUT2D eigenvalue weighted by molar-refractivity contribution is 7.88. The third-order valence-corrected chi connectivity index (χ3v) is 4.89. The second kappa shape index (κ2) is 10.5. The Morgan fingerprint density at radius 1 is 1.14 bits per heavy atom. The minimum atomic E-state index is -3.47. The normalized spacial score (nSPS) is 11.6. The number of ether oxygens (including phenoxy) is 1. The molecule has 2 rings (SSSR count). The van der Waals surface area contributed by atoms with E-state index in [0.717, 1.165) is 0 Å². The molecule has 0 saturated heterocycles. The first-order valence-corrected chi connectivity index (χ1v) is 10.1. The number of sulfonamides is 1. The highest BCUT2D eigenvalue weighted by atomic mass is 32.2. The van der Waals surface area contributed by atoms with Gasteiger partial charge < -0.3 is 10.1 Å². The molecular weight excluding hydrogens is 402 g/mol. The third-order valence-electron chi connectivity index (χ3n) is 3.58. The van der Waals surface area contributed by atoms with Crippen molar-refractivity contribution in [3.63, 3.8) is 0 Å². The molecule has 2 aromatic carbocycles. The summed E-state index contributed by atoms with van der Waals surface area (Å²) in [5, 5.41) is 2.60. The Morgan fingerprint density at radius 2 is 1.83 bits per heavy atom. The van der Waals surface area contributed by atoms with E-state index in [4.69, 9.17) is 0 Å². The monoisotopic (exact) mass is 422 g/mol. The molecule has 0 aliphatic heterocycles. The van der Waals surface area contributed by atoms with Crippen molar-refractivity contribution in [2.45, 2.75) is 12.4 Å². The number of halogens is 2. The lowest BCUT2D eigenvalue weighted by molar-refractivity contribution is -0.111. The molecule has 2 aromatic rings. The van der Waals surface area contributed by atoms with Crippen LogP contribution >= 0.6 is 0 Å². The summed E-state index contributed by atoms with van der Waals surface area (Å²) in [5.41, 5.74) is 1.33. The summed E-state index contributed by atoms with van der Waals surface area (Å²) >= 11 is 0. The lowest BCUT2D eigenvalue weighted by Gasteiger charge is -2.08. The van der Waals surface area contributed by atoms with Crippen molar-refractivity contribution in [2.75, 3.05) is 11.9 Å². The molecule has 0 aliphatic carbocycles. The van der Waals surface area contributed by atoms with Crippen molar-refractivity contribution in [2.24, 2.45) is 0 Å². The number of anilines is 1. The first-order valence-electron chi connectivity index (χ1n) is 8.49. The van der Waals surface area contributed by atoms with Gasteiger partial charge in [0.25, 0.3) is 0 Å². The van der Waals surface area contributed by atoms with Crippen molar-refractivity contribution in [1.29, 1.82) is 0 Å². The average molecular weight is 422 g/mol. The maximum atomic E-state index is 12.4. The van der Waals surface area contributed by atoms with Crippen LogP contribution in [0.15, 0.2) is 67.3 Å². The van der Waals surface area contributed by atoms with Crippen molar-refractivity contribution in [1.82, 2.24) is 4.72 Å². The lowest BCUT2D eigenvalue weighted by atomic mass is 10.2. The lowest BCUT2D eigenvalue weighted by Crippen LogP contribution is -2.25. The van der Waals surface area contributed by atoms with Crippen molar-refractivity contribution >= 4 is 27.7 Å². The van der Waals surface area contributed by atoms with Crippen LogP contribution in [-0.2, 0) is 20.6 Å². The Hall–Kier alpha value is -3.04. The summed E-state index contributed by atoms with van der Waals surface area (Å²) in [6, 6.07) is 12.4. The van der Waals surface area contributed by atoms with Crippen LogP contribution in [0.3, 0.4) is 0 Å². The molecule has 0 radical (unpaired) electrons. The van der Waals surface area contributed by atoms with Crippen molar-refractivity contribution in [3.05, 3.63) is 78.4 Å². The van der Waals surface area contributed by atoms with Gasteiger partial charge in [-0.2, -0.15) is 8.78 Å². The Labute approximate surface area is 167 Å². The van der Waals surface area contributed by atoms with Crippen LogP contribution in [-0.4, -0.2) is 27.5 Å². The van der Waals surface area contributed by atoms with Crippen LogP contribution in [0.2, 0.25) is 0 Å². The number of alkyl halides is 2. The fourth-order valence-electron chi connectivity index (χ4n) is 2.31. The zero-order valence-corrected chi connectivity index (χ0v) is 16.2. The summed E-state index contributed by atoms with van der Waals surface area (Å²) in [6.45, 7) is 0.631. The van der Waals surface area contributed by atoms with Gasteiger partial charge in [-0.25, -0.2) is 13.1 Å². The number of hydrogen-bond donors (Lipinski definition) is 2. The Bertz CT molecular complexity index is 974. The predicted octanol–water partition coefficient (Wildman–Crippen LogP) is 3.55. The smallest absolute Gasteiger partial charge is 0.387 e. The van der Waals surface area contributed by atoms with Gasteiger partial charge in [0.05, 0.1) is 5.75 Å². The summed E-state index contributed by atoms with van der Waals surface area (Å²) in [7, 11) is -3.47. The minimum absolute atomic E-state index is 0.0397. The van der Waals surface area contributed by atoms with Gasteiger partial charge in [-0.1, -0.05) is 36.4 Å². The maximum absolute atomic E-state index is 12.4. The summed E-state index contributed by atoms with van der Waals surface area (Å²) in [5.74, 6) is -0.720. The number of para-hydroxylation sites is 1. The molecule has 6 nitrogen and oxygen atoms in total. The number of carbonyl (C=O) groups is 1. The first kappa shape index (κ1) is 22.3. The molecule has 0 atom stereocenters. The van der Waals surface area contributed by atoms with E-state index in [1.807, 2.05) is 0 Å². The van der Waals surface area contributed by atoms with Gasteiger partial charge in [-0.05, 0) is 29.8 Å². The number of benzene rings is 2. The van der Waals surface area contributed by atoms with Crippen molar-refractivity contribution in [3.8, 4) is 5.75 Å². The standard InChI is InChI=1S/C20H20F2N2O4S/c1-2-13-23-29(26,27)14-15-7-10-17(11-8-15)24-19(25)12-9-16-5-3-4-6-18(16)28-20(21)22/h2-12,20,23H,1,13-14H2,(H,24,25)/b12-9+. The third kappa shape index (κ3) is 7.84. The van der Waals surface area contributed by atoms with E-state index in [9.17, 15) is 22.0 Å². The number of hydrogen-bond acceptors (Lipinski definition) is 4. The molecule has 0 aliphatic rings. The summed E-state index contributed by atoms with van der Waals surface area (Å²) < 4.78 is 55.3. The quantitative estimate of drug-likeness (QED) is 0.453. The fourth-order valence-corrected chi connectivity index (χ4v) is 3.42. The predicted molar refractivity (Wildman–Crippen MR) is 108 cm³/mol. The maximum Gasteiger partial charge on any atom is 0.387 e.